The summed E-state index contributed by atoms with van der Waals surface area (Å²) in [5, 5.41) is 9.11. The molecular formula is C7H8FN3S. The van der Waals surface area contributed by atoms with Crippen LogP contribution in [0, 0.1) is 0 Å². The Labute approximate surface area is 72.8 Å². The van der Waals surface area contributed by atoms with E-state index in [-0.39, 0.29) is 5.41 Å². The number of hydrogen-bond donors (Lipinski definition) is 1. The predicted octanol–water partition coefficient (Wildman–Crippen LogP) is 1.26. The Morgan fingerprint density at radius 1 is 1.33 bits per heavy atom. The second kappa shape index (κ2) is 1.64. The van der Waals surface area contributed by atoms with Gasteiger partial charge in [0.25, 0.3) is 0 Å². The van der Waals surface area contributed by atoms with E-state index in [1.807, 2.05) is 0 Å². The van der Waals surface area contributed by atoms with Gasteiger partial charge in [0.05, 0.1) is 0 Å². The first-order valence-corrected chi connectivity index (χ1v) is 4.72. The third-order valence-corrected chi connectivity index (χ3v) is 3.86. The molecule has 12 heavy (non-hydrogen) atoms. The molecule has 1 aromatic heterocycles. The van der Waals surface area contributed by atoms with E-state index in [2.05, 4.69) is 10.2 Å². The van der Waals surface area contributed by atoms with Gasteiger partial charge in [-0.15, -0.1) is 10.2 Å². The Balaban J connectivity index is 1.93. The number of alkyl halides is 1. The normalized spacial score (nSPS) is 43.4. The molecule has 3 nitrogen and oxygen atoms in total. The Kier molecular flexibility index (Phi) is 0.923. The van der Waals surface area contributed by atoms with E-state index >= 15 is 0 Å². The lowest BCUT2D eigenvalue weighted by Crippen LogP contribution is -2.67. The zero-order valence-electron chi connectivity index (χ0n) is 6.38. The van der Waals surface area contributed by atoms with E-state index in [9.17, 15) is 4.39 Å². The summed E-state index contributed by atoms with van der Waals surface area (Å²) in [6.45, 7) is 0. The van der Waals surface area contributed by atoms with E-state index in [1.165, 1.54) is 11.3 Å². The molecule has 0 amide bonds. The van der Waals surface area contributed by atoms with E-state index in [4.69, 9.17) is 5.73 Å². The Morgan fingerprint density at radius 3 is 2.42 bits per heavy atom. The third kappa shape index (κ3) is 0.612. The summed E-state index contributed by atoms with van der Waals surface area (Å²) in [7, 11) is 0. The van der Waals surface area contributed by atoms with Crippen LogP contribution in [0.4, 0.5) is 9.52 Å². The lowest BCUT2D eigenvalue weighted by Gasteiger charge is -2.64. The maximum Gasteiger partial charge on any atom is 0.203 e. The monoisotopic (exact) mass is 185 g/mol. The molecule has 3 aliphatic rings. The molecule has 5 heteroatoms. The molecule has 0 atom stereocenters. The van der Waals surface area contributed by atoms with Crippen molar-refractivity contribution >= 4 is 16.5 Å². The molecule has 3 fully saturated rings. The van der Waals surface area contributed by atoms with Crippen LogP contribution in [0.5, 0.6) is 0 Å². The first-order chi connectivity index (χ1) is 5.62. The maximum atomic E-state index is 13.1. The van der Waals surface area contributed by atoms with Crippen LogP contribution in [-0.2, 0) is 5.41 Å². The Hall–Kier alpha value is -0.710. The van der Waals surface area contributed by atoms with E-state index in [0.717, 1.165) is 5.01 Å². The minimum atomic E-state index is -0.861. The van der Waals surface area contributed by atoms with Crippen molar-refractivity contribution < 1.29 is 4.39 Å². The van der Waals surface area contributed by atoms with Crippen molar-refractivity contribution in [3.8, 4) is 0 Å². The molecule has 0 radical (unpaired) electrons. The van der Waals surface area contributed by atoms with Gasteiger partial charge in [-0.05, 0) is 19.3 Å². The van der Waals surface area contributed by atoms with Gasteiger partial charge in [0.15, 0.2) is 0 Å². The van der Waals surface area contributed by atoms with Gasteiger partial charge in [0, 0.05) is 5.41 Å². The van der Waals surface area contributed by atoms with Crippen LogP contribution in [0.1, 0.15) is 24.3 Å². The average molecular weight is 185 g/mol. The van der Waals surface area contributed by atoms with Crippen molar-refractivity contribution in [2.75, 3.05) is 5.73 Å². The quantitative estimate of drug-likeness (QED) is 0.716. The van der Waals surface area contributed by atoms with Gasteiger partial charge in [-0.3, -0.25) is 0 Å². The van der Waals surface area contributed by atoms with Gasteiger partial charge in [0.1, 0.15) is 10.7 Å². The van der Waals surface area contributed by atoms with Gasteiger partial charge < -0.3 is 5.73 Å². The van der Waals surface area contributed by atoms with E-state index in [1.54, 1.807) is 0 Å². The summed E-state index contributed by atoms with van der Waals surface area (Å²) in [5.41, 5.74) is 4.63. The van der Waals surface area contributed by atoms with E-state index in [0.29, 0.717) is 24.4 Å². The summed E-state index contributed by atoms with van der Waals surface area (Å²) in [6.07, 6.45) is 1.90. The van der Waals surface area contributed by atoms with Crippen LogP contribution in [0.2, 0.25) is 0 Å². The molecule has 2 bridgehead atoms. The zero-order valence-corrected chi connectivity index (χ0v) is 7.20. The van der Waals surface area contributed by atoms with Crippen LogP contribution in [0.15, 0.2) is 0 Å². The molecule has 1 heterocycles. The lowest BCUT2D eigenvalue weighted by atomic mass is 9.42. The number of nitrogens with two attached hydrogens (primary N) is 1. The van der Waals surface area contributed by atoms with Crippen LogP contribution in [-0.4, -0.2) is 15.9 Å². The molecule has 64 valence electrons. The van der Waals surface area contributed by atoms with E-state index < -0.39 is 5.67 Å². The molecule has 0 aliphatic heterocycles. The fourth-order valence-electron chi connectivity index (χ4n) is 2.34. The number of anilines is 1. The summed E-state index contributed by atoms with van der Waals surface area (Å²) in [6, 6.07) is 0. The highest BCUT2D eigenvalue weighted by molar-refractivity contribution is 7.15. The van der Waals surface area contributed by atoms with Crippen LogP contribution in [0.3, 0.4) is 0 Å². The smallest absolute Gasteiger partial charge is 0.203 e. The zero-order chi connectivity index (χ0) is 8.40. The second-order valence-corrected chi connectivity index (χ2v) is 4.92. The van der Waals surface area contributed by atoms with Crippen LogP contribution < -0.4 is 5.73 Å². The number of hydrogen-bond acceptors (Lipinski definition) is 4. The van der Waals surface area contributed by atoms with Crippen molar-refractivity contribution in [3.05, 3.63) is 5.01 Å². The largest absolute Gasteiger partial charge is 0.374 e. The SMILES string of the molecule is Nc1nnc(C23CC(F)(C2)C3)s1. The second-order valence-electron chi connectivity index (χ2n) is 3.91. The van der Waals surface area contributed by atoms with Crippen LogP contribution in [0.25, 0.3) is 0 Å². The van der Waals surface area contributed by atoms with Gasteiger partial charge in [-0.2, -0.15) is 0 Å². The highest BCUT2D eigenvalue weighted by atomic mass is 32.1. The summed E-state index contributed by atoms with van der Waals surface area (Å²) in [5.74, 6) is 0. The first-order valence-electron chi connectivity index (χ1n) is 3.90. The number of rotatable bonds is 1. The minimum Gasteiger partial charge on any atom is -0.374 e. The van der Waals surface area contributed by atoms with Gasteiger partial charge in [-0.25, -0.2) is 4.39 Å². The third-order valence-electron chi connectivity index (χ3n) is 2.86. The van der Waals surface area contributed by atoms with Gasteiger partial charge in [0.2, 0.25) is 5.13 Å². The van der Waals surface area contributed by atoms with Crippen molar-refractivity contribution in [3.63, 3.8) is 0 Å². The molecule has 4 rings (SSSR count). The molecule has 0 unspecified atom stereocenters. The maximum absolute atomic E-state index is 13.1. The minimum absolute atomic E-state index is 0.0318. The predicted molar refractivity (Wildman–Crippen MR) is 43.7 cm³/mol. The van der Waals surface area contributed by atoms with Crippen molar-refractivity contribution in [1.29, 1.82) is 0 Å². The van der Waals surface area contributed by atoms with Gasteiger partial charge >= 0.3 is 0 Å². The number of nitrogens with zero attached hydrogens (tertiary/aromatic N) is 2. The first kappa shape index (κ1) is 6.77. The summed E-state index contributed by atoms with van der Waals surface area (Å²) < 4.78 is 13.1. The number of halogens is 1. The lowest BCUT2D eigenvalue weighted by molar-refractivity contribution is -0.158. The van der Waals surface area contributed by atoms with Crippen molar-refractivity contribution in [2.24, 2.45) is 0 Å². The van der Waals surface area contributed by atoms with Gasteiger partial charge in [-0.1, -0.05) is 11.3 Å². The standard InChI is InChI=1S/C7H8FN3S/c8-7-1-6(2-7,3-7)4-10-11-5(9)12-4/h1-3H2,(H2,9,11). The summed E-state index contributed by atoms with van der Waals surface area (Å²) >= 11 is 1.40. The Morgan fingerprint density at radius 2 is 2.00 bits per heavy atom. The topological polar surface area (TPSA) is 51.8 Å². The average Bonchev–Trinajstić information content (AvgIpc) is 2.26. The fourth-order valence-corrected chi connectivity index (χ4v) is 3.13. The molecule has 0 aromatic carbocycles. The Bertz CT molecular complexity index is 328. The van der Waals surface area contributed by atoms with Crippen molar-refractivity contribution in [2.45, 2.75) is 30.3 Å². The molecule has 1 aromatic rings. The highest BCUT2D eigenvalue weighted by Gasteiger charge is 2.71. The molecule has 2 N–H and O–H groups in total. The molecule has 0 spiro atoms. The number of nitrogen functional groups attached to an aromatic ring is 1. The van der Waals surface area contributed by atoms with Crippen LogP contribution >= 0.6 is 11.3 Å². The summed E-state index contributed by atoms with van der Waals surface area (Å²) in [4.78, 5) is 0. The van der Waals surface area contributed by atoms with Crippen molar-refractivity contribution in [1.82, 2.24) is 10.2 Å². The number of aromatic nitrogens is 2. The fraction of sp³-hybridized carbons (Fsp3) is 0.714. The molecule has 0 saturated heterocycles. The molecule has 3 saturated carbocycles. The highest BCUT2D eigenvalue weighted by Crippen LogP contribution is 2.70. The molecular weight excluding hydrogens is 177 g/mol. The molecule has 3 aliphatic carbocycles.